The molecule has 0 aliphatic rings. The van der Waals surface area contributed by atoms with Gasteiger partial charge in [0.25, 0.3) is 0 Å². The van der Waals surface area contributed by atoms with E-state index in [1.54, 1.807) is 18.0 Å². The Bertz CT molecular complexity index is 769. The van der Waals surface area contributed by atoms with Crippen LogP contribution in [0, 0.1) is 0 Å². The molecule has 0 unspecified atom stereocenters. The van der Waals surface area contributed by atoms with Gasteiger partial charge in [0.15, 0.2) is 0 Å². The van der Waals surface area contributed by atoms with E-state index < -0.39 is 17.6 Å². The molecule has 5 nitrogen and oxygen atoms in total. The monoisotopic (exact) mass is 411 g/mol. The van der Waals surface area contributed by atoms with E-state index in [2.05, 4.69) is 16.9 Å². The Hall–Kier alpha value is -2.51. The molecule has 0 radical (unpaired) electrons. The van der Waals surface area contributed by atoms with Gasteiger partial charge in [-0.1, -0.05) is 39.2 Å². The van der Waals surface area contributed by atoms with E-state index in [9.17, 15) is 13.2 Å². The third-order valence-corrected chi connectivity index (χ3v) is 4.26. The van der Waals surface area contributed by atoms with Crippen LogP contribution in [0.5, 0.6) is 11.6 Å². The minimum Gasteiger partial charge on any atom is -0.494 e. The van der Waals surface area contributed by atoms with E-state index in [4.69, 9.17) is 9.47 Å². The lowest BCUT2D eigenvalue weighted by Gasteiger charge is -2.20. The van der Waals surface area contributed by atoms with Gasteiger partial charge in [-0.2, -0.15) is 18.2 Å². The van der Waals surface area contributed by atoms with Crippen LogP contribution in [0.1, 0.15) is 51.5 Å². The molecule has 0 aliphatic heterocycles. The van der Waals surface area contributed by atoms with Gasteiger partial charge in [-0.3, -0.25) is 0 Å². The fourth-order valence-corrected chi connectivity index (χ4v) is 2.64. The van der Waals surface area contributed by atoms with Crippen LogP contribution in [0.15, 0.2) is 30.5 Å². The van der Waals surface area contributed by atoms with Gasteiger partial charge in [-0.15, -0.1) is 0 Å². The number of hydrogen-bond acceptors (Lipinski definition) is 5. The molecule has 0 saturated heterocycles. The predicted octanol–water partition coefficient (Wildman–Crippen LogP) is 6.01. The van der Waals surface area contributed by atoms with Crippen molar-refractivity contribution in [2.24, 2.45) is 0 Å². The van der Waals surface area contributed by atoms with Crippen LogP contribution < -0.4 is 14.4 Å². The van der Waals surface area contributed by atoms with Crippen LogP contribution in [0.3, 0.4) is 0 Å². The van der Waals surface area contributed by atoms with Gasteiger partial charge in [-0.05, 0) is 25.0 Å². The third kappa shape index (κ3) is 6.80. The molecule has 0 atom stereocenters. The highest BCUT2D eigenvalue weighted by molar-refractivity contribution is 5.59. The van der Waals surface area contributed by atoms with Crippen molar-refractivity contribution >= 4 is 11.6 Å². The maximum Gasteiger partial charge on any atom is 0.423 e. The van der Waals surface area contributed by atoms with Crippen molar-refractivity contribution in [3.8, 4) is 11.6 Å². The lowest BCUT2D eigenvalue weighted by molar-refractivity contribution is -0.139. The van der Waals surface area contributed by atoms with Gasteiger partial charge in [0.05, 0.1) is 13.2 Å². The van der Waals surface area contributed by atoms with Gasteiger partial charge in [0, 0.05) is 25.0 Å². The maximum absolute atomic E-state index is 13.3. The average Bonchev–Trinajstić information content (AvgIpc) is 2.71. The Balaban J connectivity index is 2.22. The Morgan fingerprint density at radius 3 is 2.48 bits per heavy atom. The second kappa shape index (κ2) is 10.9. The molecule has 0 fully saturated rings. The first-order valence-corrected chi connectivity index (χ1v) is 9.90. The summed E-state index contributed by atoms with van der Waals surface area (Å²) in [5.41, 5.74) is -0.266. The van der Waals surface area contributed by atoms with E-state index in [-0.39, 0.29) is 12.6 Å². The third-order valence-electron chi connectivity index (χ3n) is 4.26. The number of rotatable bonds is 11. The highest BCUT2D eigenvalue weighted by Crippen LogP contribution is 2.36. The number of hydrogen-bond donors (Lipinski definition) is 0. The number of anilines is 2. The van der Waals surface area contributed by atoms with E-state index in [0.29, 0.717) is 24.5 Å². The second-order valence-electron chi connectivity index (χ2n) is 6.70. The molecular weight excluding hydrogens is 383 g/mol. The predicted molar refractivity (Wildman–Crippen MR) is 107 cm³/mol. The quantitative estimate of drug-likeness (QED) is 0.424. The molecule has 2 rings (SSSR count). The molecule has 0 bridgehead atoms. The van der Waals surface area contributed by atoms with Gasteiger partial charge in [0.1, 0.15) is 11.3 Å². The molecular formula is C21H28F3N3O2. The number of alkyl halides is 3. The van der Waals surface area contributed by atoms with Crippen molar-refractivity contribution in [3.05, 3.63) is 36.0 Å². The largest absolute Gasteiger partial charge is 0.494 e. The van der Waals surface area contributed by atoms with Crippen LogP contribution in [-0.4, -0.2) is 30.2 Å². The molecule has 1 aromatic heterocycles. The smallest absolute Gasteiger partial charge is 0.423 e. The van der Waals surface area contributed by atoms with E-state index >= 15 is 0 Å². The molecule has 8 heteroatoms. The molecule has 0 spiro atoms. The summed E-state index contributed by atoms with van der Waals surface area (Å²) in [6, 6.07) is 7.24. The lowest BCUT2D eigenvalue weighted by Crippen LogP contribution is -2.17. The molecule has 0 amide bonds. The topological polar surface area (TPSA) is 47.5 Å². The maximum atomic E-state index is 13.3. The second-order valence-corrected chi connectivity index (χ2v) is 6.70. The minimum absolute atomic E-state index is 0.120. The molecule has 1 heterocycles. The highest BCUT2D eigenvalue weighted by atomic mass is 19.4. The van der Waals surface area contributed by atoms with Gasteiger partial charge in [0.2, 0.25) is 11.8 Å². The first-order valence-electron chi connectivity index (χ1n) is 9.90. The number of halogens is 3. The standard InChI is InChI=1S/C21H28F3N3O2/c1-4-6-7-8-13-29-19-18(21(22,23)24)15-25-20(26-19)27(3)16-10-9-11-17(14-16)28-12-5-2/h9-11,14-15H,4-8,12-13H2,1-3H3. The Morgan fingerprint density at radius 2 is 1.79 bits per heavy atom. The van der Waals surface area contributed by atoms with Crippen molar-refractivity contribution < 1.29 is 22.6 Å². The van der Waals surface area contributed by atoms with Crippen molar-refractivity contribution in [2.75, 3.05) is 25.2 Å². The van der Waals surface area contributed by atoms with Gasteiger partial charge >= 0.3 is 6.18 Å². The average molecular weight is 411 g/mol. The zero-order chi connectivity index (χ0) is 21.3. The molecule has 1 aromatic carbocycles. The van der Waals surface area contributed by atoms with E-state index in [1.165, 1.54) is 0 Å². The van der Waals surface area contributed by atoms with E-state index in [0.717, 1.165) is 31.9 Å². The van der Waals surface area contributed by atoms with Crippen molar-refractivity contribution in [3.63, 3.8) is 0 Å². The zero-order valence-electron chi connectivity index (χ0n) is 17.1. The first-order chi connectivity index (χ1) is 13.9. The van der Waals surface area contributed by atoms with Crippen LogP contribution in [0.2, 0.25) is 0 Å². The summed E-state index contributed by atoms with van der Waals surface area (Å²) in [6.45, 7) is 4.84. The van der Waals surface area contributed by atoms with Crippen LogP contribution in [0.25, 0.3) is 0 Å². The number of nitrogens with zero attached hydrogens (tertiary/aromatic N) is 3. The minimum atomic E-state index is -4.58. The number of ether oxygens (including phenoxy) is 2. The molecule has 160 valence electrons. The van der Waals surface area contributed by atoms with Crippen molar-refractivity contribution in [1.82, 2.24) is 9.97 Å². The summed E-state index contributed by atoms with van der Waals surface area (Å²) in [5, 5.41) is 0. The molecule has 2 aromatic rings. The van der Waals surface area contributed by atoms with Crippen LogP contribution >= 0.6 is 0 Å². The number of aromatic nitrogens is 2. The highest BCUT2D eigenvalue weighted by Gasteiger charge is 2.36. The van der Waals surface area contributed by atoms with Crippen LogP contribution in [-0.2, 0) is 6.18 Å². The molecule has 0 N–H and O–H groups in total. The Morgan fingerprint density at radius 1 is 1.00 bits per heavy atom. The summed E-state index contributed by atoms with van der Waals surface area (Å²) in [4.78, 5) is 9.56. The molecule has 0 saturated carbocycles. The number of benzene rings is 1. The molecule has 0 aliphatic carbocycles. The summed E-state index contributed by atoms with van der Waals surface area (Å²) in [7, 11) is 1.69. The van der Waals surface area contributed by atoms with E-state index in [1.807, 2.05) is 25.1 Å². The van der Waals surface area contributed by atoms with Gasteiger partial charge in [-0.25, -0.2) is 4.98 Å². The first kappa shape index (κ1) is 22.8. The summed E-state index contributed by atoms with van der Waals surface area (Å²) in [6.07, 6.45) is 0.709. The normalized spacial score (nSPS) is 11.4. The SMILES string of the molecule is CCCCCCOc1nc(N(C)c2cccc(OCCC)c2)ncc1C(F)(F)F. The lowest BCUT2D eigenvalue weighted by atomic mass is 10.2. The zero-order valence-corrected chi connectivity index (χ0v) is 17.1. The Kier molecular flexibility index (Phi) is 8.54. The van der Waals surface area contributed by atoms with Crippen molar-refractivity contribution in [2.45, 2.75) is 52.1 Å². The van der Waals surface area contributed by atoms with Crippen molar-refractivity contribution in [1.29, 1.82) is 0 Å². The molecule has 29 heavy (non-hydrogen) atoms. The summed E-state index contributed by atoms with van der Waals surface area (Å²) >= 11 is 0. The fourth-order valence-electron chi connectivity index (χ4n) is 2.64. The van der Waals surface area contributed by atoms with Gasteiger partial charge < -0.3 is 14.4 Å². The van der Waals surface area contributed by atoms with Crippen LogP contribution in [0.4, 0.5) is 24.8 Å². The number of unbranched alkanes of at least 4 members (excludes halogenated alkanes) is 3. The summed E-state index contributed by atoms with van der Waals surface area (Å²) < 4.78 is 51.0. The summed E-state index contributed by atoms with van der Waals surface area (Å²) in [5.74, 6) is 0.356. The Labute approximate surface area is 169 Å². The fraction of sp³-hybridized carbons (Fsp3) is 0.524.